The van der Waals surface area contributed by atoms with Crippen LogP contribution < -0.4 is 10.6 Å². The Morgan fingerprint density at radius 3 is 2.44 bits per heavy atom. The van der Waals surface area contributed by atoms with E-state index in [1.807, 2.05) is 5.38 Å². The number of aryl methyl sites for hydroxylation is 3. The average Bonchev–Trinajstić information content (AvgIpc) is 3.13. The molecule has 2 N–H and O–H groups in total. The van der Waals surface area contributed by atoms with Crippen LogP contribution in [-0.2, 0) is 6.54 Å². The van der Waals surface area contributed by atoms with Crippen LogP contribution in [0.3, 0.4) is 0 Å². The molecule has 0 aliphatic heterocycles. The molecule has 1 heterocycles. The number of rotatable bonds is 4. The van der Waals surface area contributed by atoms with Crippen molar-refractivity contribution >= 4 is 34.6 Å². The topological polar surface area (TPSA) is 49.8 Å². The molecule has 0 saturated heterocycles. The summed E-state index contributed by atoms with van der Waals surface area (Å²) in [7, 11) is 0. The third kappa shape index (κ3) is 4.41. The molecule has 0 spiro atoms. The lowest BCUT2D eigenvalue weighted by atomic mass is 10.1. The van der Waals surface area contributed by atoms with Crippen molar-refractivity contribution in [2.24, 2.45) is 0 Å². The Morgan fingerprint density at radius 1 is 1.04 bits per heavy atom. The number of aromatic nitrogens is 2. The van der Waals surface area contributed by atoms with E-state index in [1.54, 1.807) is 0 Å². The summed E-state index contributed by atoms with van der Waals surface area (Å²) in [4.78, 5) is 0. The quantitative estimate of drug-likeness (QED) is 0.658. The van der Waals surface area contributed by atoms with Crippen LogP contribution in [0.15, 0.2) is 41.8 Å². The molecule has 0 bridgehead atoms. The molecular weight excluding hydrogens is 348 g/mol. The maximum atomic E-state index is 5.42. The summed E-state index contributed by atoms with van der Waals surface area (Å²) in [6.07, 6.45) is 0. The molecule has 0 fully saturated rings. The van der Waals surface area contributed by atoms with Crippen molar-refractivity contribution in [1.82, 2.24) is 14.9 Å². The fourth-order valence-corrected chi connectivity index (χ4v) is 3.18. The minimum atomic E-state index is 0.624. The van der Waals surface area contributed by atoms with Gasteiger partial charge in [-0.2, -0.15) is 0 Å². The summed E-state index contributed by atoms with van der Waals surface area (Å²) in [5.41, 5.74) is 7.92. The van der Waals surface area contributed by atoms with Crippen LogP contribution in [0.25, 0.3) is 11.3 Å². The number of hydrogen-bond acceptors (Lipinski definition) is 4. The van der Waals surface area contributed by atoms with E-state index in [0.29, 0.717) is 11.7 Å². The molecule has 1 aromatic heterocycles. The van der Waals surface area contributed by atoms with Crippen LogP contribution in [0.2, 0.25) is 0 Å². The number of nitrogens with one attached hydrogen (secondary N) is 2. The number of anilines is 1. The van der Waals surface area contributed by atoms with Crippen LogP contribution >= 0.6 is 23.8 Å². The zero-order valence-corrected chi connectivity index (χ0v) is 16.1. The zero-order chi connectivity index (χ0) is 17.8. The van der Waals surface area contributed by atoms with Gasteiger partial charge in [-0.25, -0.2) is 0 Å². The van der Waals surface area contributed by atoms with Gasteiger partial charge in [0.2, 0.25) is 0 Å². The molecule has 3 rings (SSSR count). The summed E-state index contributed by atoms with van der Waals surface area (Å²) >= 11 is 6.78. The van der Waals surface area contributed by atoms with Crippen molar-refractivity contribution in [1.29, 1.82) is 0 Å². The second-order valence-electron chi connectivity index (χ2n) is 6.05. The molecule has 0 unspecified atom stereocenters. The normalized spacial score (nSPS) is 10.5. The number of hydrogen-bond donors (Lipinski definition) is 2. The van der Waals surface area contributed by atoms with Crippen molar-refractivity contribution < 1.29 is 0 Å². The van der Waals surface area contributed by atoms with Crippen molar-refractivity contribution in [3.63, 3.8) is 0 Å². The molecule has 0 atom stereocenters. The summed E-state index contributed by atoms with van der Waals surface area (Å²) in [5, 5.41) is 13.2. The van der Waals surface area contributed by atoms with Gasteiger partial charge >= 0.3 is 0 Å². The molecule has 3 aromatic rings. The number of thiocarbonyl (C=S) groups is 1. The van der Waals surface area contributed by atoms with Gasteiger partial charge < -0.3 is 10.6 Å². The highest BCUT2D eigenvalue weighted by molar-refractivity contribution is 7.80. The molecule has 0 radical (unpaired) electrons. The molecule has 0 saturated carbocycles. The first-order valence-corrected chi connectivity index (χ1v) is 9.26. The van der Waals surface area contributed by atoms with E-state index in [0.717, 1.165) is 22.5 Å². The first kappa shape index (κ1) is 17.5. The second-order valence-corrected chi connectivity index (χ2v) is 7.06. The molecular formula is C19H20N4S2. The van der Waals surface area contributed by atoms with E-state index in [1.165, 1.54) is 28.2 Å². The van der Waals surface area contributed by atoms with Gasteiger partial charge in [-0.3, -0.25) is 0 Å². The highest BCUT2D eigenvalue weighted by Gasteiger charge is 2.05. The van der Waals surface area contributed by atoms with Gasteiger partial charge in [0.05, 0.1) is 0 Å². The summed E-state index contributed by atoms with van der Waals surface area (Å²) < 4.78 is 3.89. The van der Waals surface area contributed by atoms with Crippen LogP contribution in [0.5, 0.6) is 0 Å². The monoisotopic (exact) mass is 368 g/mol. The molecule has 25 heavy (non-hydrogen) atoms. The first-order valence-electron chi connectivity index (χ1n) is 8.02. The Kier molecular flexibility index (Phi) is 5.40. The molecule has 4 nitrogen and oxygen atoms in total. The smallest absolute Gasteiger partial charge is 0.171 e. The fraction of sp³-hybridized carbons (Fsp3) is 0.211. The van der Waals surface area contributed by atoms with Crippen LogP contribution in [0, 0.1) is 20.8 Å². The van der Waals surface area contributed by atoms with Crippen molar-refractivity contribution in [2.45, 2.75) is 27.3 Å². The Bertz CT molecular complexity index is 871. The summed E-state index contributed by atoms with van der Waals surface area (Å²) in [6.45, 7) is 6.98. The van der Waals surface area contributed by atoms with Crippen LogP contribution in [-0.4, -0.2) is 14.7 Å². The van der Waals surface area contributed by atoms with E-state index < -0.39 is 0 Å². The Balaban J connectivity index is 1.58. The number of nitrogens with zero attached hydrogens (tertiary/aromatic N) is 2. The van der Waals surface area contributed by atoms with E-state index in [9.17, 15) is 0 Å². The standard InChI is InChI=1S/C19H20N4S2/c1-12-8-14(3)17(9-13(12)2)21-19(24)20-10-15-4-6-16(7-5-15)18-11-25-23-22-18/h4-9,11H,10H2,1-3H3,(H2,20,21,24). The van der Waals surface area contributed by atoms with Crippen molar-refractivity contribution in [3.05, 3.63) is 64.0 Å². The molecule has 0 amide bonds. The molecule has 2 aromatic carbocycles. The lowest BCUT2D eigenvalue weighted by Crippen LogP contribution is -2.28. The fourth-order valence-electron chi connectivity index (χ4n) is 2.53. The Labute approximate surface area is 157 Å². The van der Waals surface area contributed by atoms with Crippen LogP contribution in [0.1, 0.15) is 22.3 Å². The van der Waals surface area contributed by atoms with Crippen molar-refractivity contribution in [2.75, 3.05) is 5.32 Å². The SMILES string of the molecule is Cc1cc(C)c(NC(=S)NCc2ccc(-c3csnn3)cc2)cc1C. The van der Waals surface area contributed by atoms with Gasteiger partial charge in [-0.15, -0.1) is 5.10 Å². The first-order chi connectivity index (χ1) is 12.0. The minimum Gasteiger partial charge on any atom is -0.358 e. The molecule has 128 valence electrons. The maximum Gasteiger partial charge on any atom is 0.171 e. The Hall–Kier alpha value is -2.31. The summed E-state index contributed by atoms with van der Waals surface area (Å²) in [6, 6.07) is 12.6. The van der Waals surface area contributed by atoms with Gasteiger partial charge in [0, 0.05) is 23.2 Å². The highest BCUT2D eigenvalue weighted by atomic mass is 32.1. The third-order valence-corrected chi connectivity index (χ3v) is 4.90. The van der Waals surface area contributed by atoms with E-state index in [2.05, 4.69) is 77.4 Å². The van der Waals surface area contributed by atoms with E-state index in [-0.39, 0.29) is 0 Å². The van der Waals surface area contributed by atoms with Gasteiger partial charge in [0.25, 0.3) is 0 Å². The van der Waals surface area contributed by atoms with Gasteiger partial charge in [-0.05, 0) is 72.8 Å². The zero-order valence-electron chi connectivity index (χ0n) is 14.5. The molecule has 0 aliphatic rings. The lowest BCUT2D eigenvalue weighted by Gasteiger charge is -2.14. The van der Waals surface area contributed by atoms with E-state index >= 15 is 0 Å². The van der Waals surface area contributed by atoms with Gasteiger partial charge in [-0.1, -0.05) is 34.8 Å². The predicted molar refractivity (Wildman–Crippen MR) is 109 cm³/mol. The van der Waals surface area contributed by atoms with Gasteiger partial charge in [0.15, 0.2) is 5.11 Å². The minimum absolute atomic E-state index is 0.624. The second kappa shape index (κ2) is 7.72. The maximum absolute atomic E-state index is 5.42. The van der Waals surface area contributed by atoms with Gasteiger partial charge in [0.1, 0.15) is 5.69 Å². The lowest BCUT2D eigenvalue weighted by molar-refractivity contribution is 0.925. The Morgan fingerprint density at radius 2 is 1.76 bits per heavy atom. The average molecular weight is 369 g/mol. The predicted octanol–water partition coefficient (Wildman–Crippen LogP) is 4.62. The van der Waals surface area contributed by atoms with Crippen LogP contribution in [0.4, 0.5) is 5.69 Å². The molecule has 0 aliphatic carbocycles. The highest BCUT2D eigenvalue weighted by Crippen LogP contribution is 2.20. The third-order valence-electron chi connectivity index (χ3n) is 4.15. The van der Waals surface area contributed by atoms with Crippen molar-refractivity contribution in [3.8, 4) is 11.3 Å². The number of benzene rings is 2. The van der Waals surface area contributed by atoms with E-state index in [4.69, 9.17) is 12.2 Å². The molecule has 6 heteroatoms. The largest absolute Gasteiger partial charge is 0.358 e. The summed E-state index contributed by atoms with van der Waals surface area (Å²) in [5.74, 6) is 0.